The highest BCUT2D eigenvalue weighted by Crippen LogP contribution is 2.46. The first-order valence-corrected chi connectivity index (χ1v) is 9.27. The molecule has 4 heteroatoms. The quantitative estimate of drug-likeness (QED) is 0.726. The Kier molecular flexibility index (Phi) is 4.24. The summed E-state index contributed by atoms with van der Waals surface area (Å²) in [7, 11) is 2.07. The van der Waals surface area contributed by atoms with Crippen molar-refractivity contribution < 1.29 is 9.67 Å². The first-order valence-electron chi connectivity index (χ1n) is 8.45. The molecule has 1 aliphatic heterocycles. The van der Waals surface area contributed by atoms with Crippen LogP contribution >= 0.6 is 11.8 Å². The molecule has 3 nitrogen and oxygen atoms in total. The molecule has 2 heterocycles. The second kappa shape index (κ2) is 6.54. The van der Waals surface area contributed by atoms with Crippen molar-refractivity contribution in [3.8, 4) is 0 Å². The summed E-state index contributed by atoms with van der Waals surface area (Å²) in [5.41, 5.74) is 3.57. The van der Waals surface area contributed by atoms with Crippen molar-refractivity contribution >= 4 is 34.4 Å². The van der Waals surface area contributed by atoms with E-state index in [0.717, 1.165) is 5.03 Å². The number of nitrogens with zero attached hydrogens (tertiary/aromatic N) is 2. The number of hydrogen-bond acceptors (Lipinski definition) is 3. The van der Waals surface area contributed by atoms with Crippen LogP contribution in [-0.4, -0.2) is 17.8 Å². The Morgan fingerprint density at radius 3 is 2.72 bits per heavy atom. The van der Waals surface area contributed by atoms with Gasteiger partial charge >= 0.3 is 0 Å². The average Bonchev–Trinajstić information content (AvgIpc) is 2.95. The first kappa shape index (κ1) is 16.2. The van der Waals surface area contributed by atoms with Crippen LogP contribution in [-0.2, 0) is 7.05 Å². The third-order valence-electron chi connectivity index (χ3n) is 4.44. The second-order valence-corrected chi connectivity index (χ2v) is 7.47. The zero-order valence-electron chi connectivity index (χ0n) is 14.4. The normalized spacial score (nSPS) is 16.4. The molecule has 25 heavy (non-hydrogen) atoms. The minimum Gasteiger partial charge on any atom is -0.392 e. The van der Waals surface area contributed by atoms with Crippen LogP contribution in [0, 0.1) is 0 Å². The van der Waals surface area contributed by atoms with Gasteiger partial charge in [-0.15, -0.1) is 0 Å². The first-order chi connectivity index (χ1) is 12.1. The largest absolute Gasteiger partial charge is 0.392 e. The van der Waals surface area contributed by atoms with Crippen LogP contribution in [0.1, 0.15) is 12.5 Å². The Hall–Kier alpha value is -2.30. The van der Waals surface area contributed by atoms with Gasteiger partial charge in [-0.3, -0.25) is 0 Å². The van der Waals surface area contributed by atoms with Gasteiger partial charge in [-0.05, 0) is 36.8 Å². The van der Waals surface area contributed by atoms with E-state index in [-0.39, 0.29) is 6.10 Å². The van der Waals surface area contributed by atoms with E-state index >= 15 is 0 Å². The molecule has 0 bridgehead atoms. The predicted molar refractivity (Wildman–Crippen MR) is 104 cm³/mol. The Labute approximate surface area is 152 Å². The number of aliphatic hydroxyl groups is 1. The molecule has 0 saturated carbocycles. The number of aromatic nitrogens is 1. The lowest BCUT2D eigenvalue weighted by Crippen LogP contribution is -2.28. The zero-order valence-corrected chi connectivity index (χ0v) is 15.2. The molecule has 1 unspecified atom stereocenters. The van der Waals surface area contributed by atoms with Gasteiger partial charge in [-0.1, -0.05) is 36.0 Å². The van der Waals surface area contributed by atoms with Crippen LogP contribution in [0.4, 0.5) is 5.69 Å². The summed E-state index contributed by atoms with van der Waals surface area (Å²) in [6, 6.07) is 19.0. The van der Waals surface area contributed by atoms with Gasteiger partial charge in [0.1, 0.15) is 7.05 Å². The van der Waals surface area contributed by atoms with E-state index in [1.807, 2.05) is 6.92 Å². The van der Waals surface area contributed by atoms with Crippen molar-refractivity contribution in [2.75, 3.05) is 11.4 Å². The molecule has 1 aromatic heterocycles. The Balaban J connectivity index is 1.83. The number of para-hydroxylation sites is 2. The summed E-state index contributed by atoms with van der Waals surface area (Å²) in [4.78, 5) is 3.45. The number of benzene rings is 2. The van der Waals surface area contributed by atoms with Crippen LogP contribution in [0.2, 0.25) is 0 Å². The van der Waals surface area contributed by atoms with Crippen molar-refractivity contribution in [2.45, 2.75) is 17.9 Å². The molecule has 0 saturated heterocycles. The van der Waals surface area contributed by atoms with Crippen molar-refractivity contribution in [1.29, 1.82) is 0 Å². The molecule has 0 aliphatic carbocycles. The molecule has 1 atom stereocenters. The number of aryl methyl sites for hydroxylation is 1. The van der Waals surface area contributed by atoms with E-state index in [2.05, 4.69) is 83.4 Å². The molecule has 126 valence electrons. The number of aliphatic hydroxyl groups excluding tert-OH is 1. The van der Waals surface area contributed by atoms with Gasteiger partial charge in [-0.25, -0.2) is 4.57 Å². The highest BCUT2D eigenvalue weighted by atomic mass is 32.2. The minimum absolute atomic E-state index is 0.388. The number of rotatable bonds is 3. The Morgan fingerprint density at radius 1 is 1.12 bits per heavy atom. The summed E-state index contributed by atoms with van der Waals surface area (Å²) < 4.78 is 2.14. The highest BCUT2D eigenvalue weighted by Gasteiger charge is 2.26. The molecule has 1 aliphatic rings. The number of fused-ring (bicyclic) bond motifs is 2. The number of pyridine rings is 1. The summed E-state index contributed by atoms with van der Waals surface area (Å²) in [6.45, 7) is 2.43. The van der Waals surface area contributed by atoms with Gasteiger partial charge < -0.3 is 10.0 Å². The van der Waals surface area contributed by atoms with Crippen LogP contribution in [0.25, 0.3) is 17.0 Å². The number of β-amino-alcohol motifs (C(OH)–C–C–N with tert-alkyl or cyclic N) is 1. The Bertz CT molecular complexity index is 965. The highest BCUT2D eigenvalue weighted by molar-refractivity contribution is 8.03. The fourth-order valence-corrected chi connectivity index (χ4v) is 4.38. The average molecular weight is 349 g/mol. The maximum Gasteiger partial charge on any atom is 0.212 e. The van der Waals surface area contributed by atoms with Gasteiger partial charge in [0, 0.05) is 23.6 Å². The molecular weight excluding hydrogens is 328 g/mol. The fourth-order valence-electron chi connectivity index (χ4n) is 3.26. The lowest BCUT2D eigenvalue weighted by molar-refractivity contribution is -0.644. The SMILES string of the molecule is CC(O)CN1/C(=C/c2cc[n+](C)c3ccccc23)Sc2ccccc21. The van der Waals surface area contributed by atoms with Crippen LogP contribution in [0.15, 0.2) is 70.7 Å². The summed E-state index contributed by atoms with van der Waals surface area (Å²) in [6.07, 6.45) is 3.94. The van der Waals surface area contributed by atoms with Crippen LogP contribution in [0.5, 0.6) is 0 Å². The number of thioether (sulfide) groups is 1. The van der Waals surface area contributed by atoms with E-state index in [1.54, 1.807) is 11.8 Å². The topological polar surface area (TPSA) is 27.3 Å². The summed E-state index contributed by atoms with van der Waals surface area (Å²) in [5, 5.41) is 12.3. The van der Waals surface area contributed by atoms with Crippen LogP contribution < -0.4 is 9.47 Å². The van der Waals surface area contributed by atoms with Crippen molar-refractivity contribution in [3.05, 3.63) is 71.4 Å². The Morgan fingerprint density at radius 2 is 1.88 bits per heavy atom. The maximum atomic E-state index is 9.95. The minimum atomic E-state index is -0.388. The molecule has 4 rings (SSSR count). The van der Waals surface area contributed by atoms with E-state index in [0.29, 0.717) is 6.54 Å². The van der Waals surface area contributed by atoms with E-state index in [4.69, 9.17) is 0 Å². The number of hydrogen-bond donors (Lipinski definition) is 1. The maximum absolute atomic E-state index is 9.95. The molecule has 0 radical (unpaired) electrons. The van der Waals surface area contributed by atoms with E-state index in [9.17, 15) is 5.11 Å². The van der Waals surface area contributed by atoms with Gasteiger partial charge in [-0.2, -0.15) is 0 Å². The molecule has 3 aromatic rings. The third-order valence-corrected chi connectivity index (χ3v) is 5.55. The van der Waals surface area contributed by atoms with Crippen molar-refractivity contribution in [2.24, 2.45) is 7.05 Å². The van der Waals surface area contributed by atoms with Gasteiger partial charge in [0.25, 0.3) is 0 Å². The molecule has 0 fully saturated rings. The van der Waals surface area contributed by atoms with Gasteiger partial charge in [0.05, 0.1) is 22.2 Å². The van der Waals surface area contributed by atoms with E-state index < -0.39 is 0 Å². The van der Waals surface area contributed by atoms with Crippen LogP contribution in [0.3, 0.4) is 0 Å². The third kappa shape index (κ3) is 3.03. The fraction of sp³-hybridized carbons (Fsp3) is 0.190. The smallest absolute Gasteiger partial charge is 0.212 e. The van der Waals surface area contributed by atoms with Gasteiger partial charge in [0.15, 0.2) is 6.20 Å². The lowest BCUT2D eigenvalue weighted by Gasteiger charge is -2.22. The summed E-state index contributed by atoms with van der Waals surface area (Å²) >= 11 is 1.76. The zero-order chi connectivity index (χ0) is 17.4. The van der Waals surface area contributed by atoms with Crippen molar-refractivity contribution in [3.63, 3.8) is 0 Å². The van der Waals surface area contributed by atoms with Gasteiger partial charge in [0.2, 0.25) is 5.52 Å². The molecule has 0 spiro atoms. The molecular formula is C21H21N2OS+. The predicted octanol–water partition coefficient (Wildman–Crippen LogP) is 3.96. The lowest BCUT2D eigenvalue weighted by atomic mass is 10.1. The standard InChI is InChI=1S/C21H21N2OS/c1-15(24)14-23-19-9-5-6-10-20(19)25-21(23)13-16-11-12-22(2)18-8-4-3-7-17(16)18/h3-13,15,24H,14H2,1-2H3/q+1. The molecule has 1 N–H and O–H groups in total. The van der Waals surface area contributed by atoms with Crippen molar-refractivity contribution in [1.82, 2.24) is 0 Å². The molecule has 2 aromatic carbocycles. The monoisotopic (exact) mass is 349 g/mol. The summed E-state index contributed by atoms with van der Waals surface area (Å²) in [5.74, 6) is 0. The number of anilines is 1. The second-order valence-electron chi connectivity index (χ2n) is 6.41. The van der Waals surface area contributed by atoms with E-state index in [1.165, 1.54) is 27.0 Å². The molecule has 0 amide bonds.